The van der Waals surface area contributed by atoms with Gasteiger partial charge in [-0.05, 0) is 43.1 Å². The first kappa shape index (κ1) is 22.3. The maximum absolute atomic E-state index is 12.8. The number of rotatable bonds is 7. The summed E-state index contributed by atoms with van der Waals surface area (Å²) in [6, 6.07) is 8.92. The molecule has 0 spiro atoms. The minimum absolute atomic E-state index is 0.113. The number of nitrogens with zero attached hydrogens (tertiary/aromatic N) is 1. The molecule has 1 N–H and O–H groups in total. The Hall–Kier alpha value is -2.37. The Morgan fingerprint density at radius 1 is 1.07 bits per heavy atom. The van der Waals surface area contributed by atoms with Gasteiger partial charge in [0, 0.05) is 12.6 Å². The van der Waals surface area contributed by atoms with Crippen LogP contribution in [0.1, 0.15) is 57.9 Å². The van der Waals surface area contributed by atoms with Crippen LogP contribution in [0.2, 0.25) is 0 Å². The largest absolute Gasteiger partial charge is 0.454 e. The molecule has 3 rings (SSSR count). The van der Waals surface area contributed by atoms with Gasteiger partial charge in [0.05, 0.1) is 6.42 Å². The first-order valence-electron chi connectivity index (χ1n) is 11.2. The van der Waals surface area contributed by atoms with Gasteiger partial charge in [0.15, 0.2) is 6.61 Å². The zero-order chi connectivity index (χ0) is 21.5. The molecule has 1 heterocycles. The fraction of sp³-hybridized carbons (Fsp3) is 0.625. The molecule has 2 aliphatic rings. The van der Waals surface area contributed by atoms with Crippen molar-refractivity contribution in [1.29, 1.82) is 0 Å². The summed E-state index contributed by atoms with van der Waals surface area (Å²) in [5.74, 6) is -0.433. The molecule has 1 saturated carbocycles. The van der Waals surface area contributed by atoms with Gasteiger partial charge in [-0.1, -0.05) is 57.0 Å². The van der Waals surface area contributed by atoms with Crippen LogP contribution in [0.3, 0.4) is 0 Å². The fourth-order valence-corrected chi connectivity index (χ4v) is 4.74. The van der Waals surface area contributed by atoms with Crippen molar-refractivity contribution < 1.29 is 19.1 Å². The quantitative estimate of drug-likeness (QED) is 0.696. The first-order valence-corrected chi connectivity index (χ1v) is 11.2. The molecule has 164 valence electrons. The van der Waals surface area contributed by atoms with E-state index in [0.717, 1.165) is 31.4 Å². The third-order valence-corrected chi connectivity index (χ3v) is 6.35. The Morgan fingerprint density at radius 3 is 2.50 bits per heavy atom. The molecule has 0 radical (unpaired) electrons. The highest BCUT2D eigenvalue weighted by atomic mass is 16.5. The Bertz CT molecular complexity index is 732. The summed E-state index contributed by atoms with van der Waals surface area (Å²) in [4.78, 5) is 39.7. The monoisotopic (exact) mass is 414 g/mol. The molecule has 1 aliphatic carbocycles. The molecule has 0 bridgehead atoms. The van der Waals surface area contributed by atoms with Crippen molar-refractivity contribution in [3.8, 4) is 0 Å². The van der Waals surface area contributed by atoms with Gasteiger partial charge in [-0.3, -0.25) is 9.59 Å². The number of esters is 1. The second-order valence-electron chi connectivity index (χ2n) is 8.90. The van der Waals surface area contributed by atoms with Gasteiger partial charge >= 0.3 is 5.97 Å². The first-order chi connectivity index (χ1) is 14.5. The molecule has 0 unspecified atom stereocenters. The van der Waals surface area contributed by atoms with Gasteiger partial charge in [0.25, 0.3) is 5.91 Å². The van der Waals surface area contributed by atoms with E-state index in [9.17, 15) is 14.4 Å². The number of hydrogen-bond acceptors (Lipinski definition) is 4. The van der Waals surface area contributed by atoms with Crippen LogP contribution < -0.4 is 5.32 Å². The van der Waals surface area contributed by atoms with Crippen molar-refractivity contribution in [2.75, 3.05) is 13.2 Å². The summed E-state index contributed by atoms with van der Waals surface area (Å²) in [5.41, 5.74) is 0.883. The Morgan fingerprint density at radius 2 is 1.77 bits per heavy atom. The van der Waals surface area contributed by atoms with Gasteiger partial charge in [0.1, 0.15) is 6.04 Å². The lowest BCUT2D eigenvalue weighted by Crippen LogP contribution is -2.51. The van der Waals surface area contributed by atoms with Gasteiger partial charge < -0.3 is 15.0 Å². The zero-order valence-corrected chi connectivity index (χ0v) is 18.1. The molecule has 6 heteroatoms. The lowest BCUT2D eigenvalue weighted by Gasteiger charge is -2.44. The Balaban J connectivity index is 1.52. The smallest absolute Gasteiger partial charge is 0.329 e. The topological polar surface area (TPSA) is 75.7 Å². The van der Waals surface area contributed by atoms with Crippen LogP contribution in [0.4, 0.5) is 0 Å². The molecule has 2 fully saturated rings. The standard InChI is InChI=1S/C24H34N2O4/c1-17(2)23(25-21(27)15-18-9-4-3-5-10-18)24(29)30-16-22(28)26-14-8-12-19-11-6-7-13-20(19)26/h3-5,9-10,17,19-20,23H,6-8,11-16H2,1-2H3,(H,25,27)/t19-,20+,23+/m1/s1. The van der Waals surface area contributed by atoms with Crippen molar-refractivity contribution in [1.82, 2.24) is 10.2 Å². The number of likely N-dealkylation sites (tertiary alicyclic amines) is 1. The predicted octanol–water partition coefficient (Wildman–Crippen LogP) is 3.09. The van der Waals surface area contributed by atoms with E-state index >= 15 is 0 Å². The van der Waals surface area contributed by atoms with Crippen LogP contribution in [-0.2, 0) is 25.5 Å². The van der Waals surface area contributed by atoms with E-state index in [1.807, 2.05) is 49.1 Å². The fourth-order valence-electron chi connectivity index (χ4n) is 4.74. The molecule has 1 saturated heterocycles. The maximum atomic E-state index is 12.8. The zero-order valence-electron chi connectivity index (χ0n) is 18.1. The van der Waals surface area contributed by atoms with E-state index in [1.165, 1.54) is 19.3 Å². The predicted molar refractivity (Wildman–Crippen MR) is 115 cm³/mol. The highest BCUT2D eigenvalue weighted by Crippen LogP contribution is 2.35. The Kier molecular flexibility index (Phi) is 7.88. The average Bonchev–Trinajstić information content (AvgIpc) is 2.75. The Labute approximate surface area is 179 Å². The summed E-state index contributed by atoms with van der Waals surface area (Å²) in [7, 11) is 0. The van der Waals surface area contributed by atoms with E-state index < -0.39 is 12.0 Å². The lowest BCUT2D eigenvalue weighted by molar-refractivity contribution is -0.157. The van der Waals surface area contributed by atoms with Crippen LogP contribution in [0.25, 0.3) is 0 Å². The van der Waals surface area contributed by atoms with Crippen LogP contribution >= 0.6 is 0 Å². The molecule has 2 amide bonds. The lowest BCUT2D eigenvalue weighted by atomic mass is 9.78. The summed E-state index contributed by atoms with van der Waals surface area (Å²) in [6.45, 7) is 4.21. The minimum atomic E-state index is -0.766. The number of hydrogen-bond donors (Lipinski definition) is 1. The van der Waals surface area contributed by atoms with Crippen LogP contribution in [0.15, 0.2) is 30.3 Å². The molecule has 1 aromatic carbocycles. The molecular formula is C24H34N2O4. The van der Waals surface area contributed by atoms with E-state index in [0.29, 0.717) is 12.0 Å². The van der Waals surface area contributed by atoms with E-state index in [2.05, 4.69) is 5.32 Å². The third-order valence-electron chi connectivity index (χ3n) is 6.35. The van der Waals surface area contributed by atoms with Crippen LogP contribution in [0.5, 0.6) is 0 Å². The number of fused-ring (bicyclic) bond motifs is 1. The van der Waals surface area contributed by atoms with Crippen LogP contribution in [-0.4, -0.2) is 47.9 Å². The van der Waals surface area contributed by atoms with Gasteiger partial charge in [-0.2, -0.15) is 0 Å². The number of nitrogens with one attached hydrogen (secondary N) is 1. The molecular weight excluding hydrogens is 380 g/mol. The SMILES string of the molecule is CC(C)[C@H](NC(=O)Cc1ccccc1)C(=O)OCC(=O)N1CCC[C@H]2CCCC[C@@H]21. The van der Waals surface area contributed by atoms with E-state index in [4.69, 9.17) is 4.74 Å². The van der Waals surface area contributed by atoms with Crippen molar-refractivity contribution in [3.05, 3.63) is 35.9 Å². The second kappa shape index (κ2) is 10.6. The molecule has 30 heavy (non-hydrogen) atoms. The number of piperidine rings is 1. The molecule has 1 aromatic rings. The van der Waals surface area contributed by atoms with E-state index in [1.54, 1.807) is 0 Å². The number of carbonyl (C=O) groups is 3. The highest BCUT2D eigenvalue weighted by molar-refractivity contribution is 5.87. The molecule has 0 aromatic heterocycles. The van der Waals surface area contributed by atoms with E-state index in [-0.39, 0.29) is 30.8 Å². The van der Waals surface area contributed by atoms with Crippen LogP contribution in [0, 0.1) is 11.8 Å². The third kappa shape index (κ3) is 5.83. The number of benzene rings is 1. The second-order valence-corrected chi connectivity index (χ2v) is 8.90. The highest BCUT2D eigenvalue weighted by Gasteiger charge is 2.36. The number of amides is 2. The molecule has 6 nitrogen and oxygen atoms in total. The summed E-state index contributed by atoms with van der Waals surface area (Å²) in [5, 5.41) is 2.77. The molecule has 3 atom stereocenters. The number of carbonyl (C=O) groups excluding carboxylic acids is 3. The summed E-state index contributed by atoms with van der Waals surface area (Å²) >= 11 is 0. The average molecular weight is 415 g/mol. The van der Waals surface area contributed by atoms with Crippen molar-refractivity contribution in [2.45, 2.75) is 70.9 Å². The molecule has 1 aliphatic heterocycles. The summed E-state index contributed by atoms with van der Waals surface area (Å²) in [6.07, 6.45) is 7.06. The van der Waals surface area contributed by atoms with Gasteiger partial charge in [-0.15, -0.1) is 0 Å². The summed E-state index contributed by atoms with van der Waals surface area (Å²) < 4.78 is 5.37. The maximum Gasteiger partial charge on any atom is 0.329 e. The van der Waals surface area contributed by atoms with Crippen molar-refractivity contribution in [2.24, 2.45) is 11.8 Å². The van der Waals surface area contributed by atoms with Gasteiger partial charge in [-0.25, -0.2) is 4.79 Å². The minimum Gasteiger partial charge on any atom is -0.454 e. The van der Waals surface area contributed by atoms with Crippen molar-refractivity contribution in [3.63, 3.8) is 0 Å². The van der Waals surface area contributed by atoms with Gasteiger partial charge in [0.2, 0.25) is 5.91 Å². The number of ether oxygens (including phenoxy) is 1. The normalized spacial score (nSPS) is 22.2. The van der Waals surface area contributed by atoms with Crippen molar-refractivity contribution >= 4 is 17.8 Å².